The average molecular weight is 385 g/mol. The molecule has 0 fully saturated rings. The van der Waals surface area contributed by atoms with Crippen molar-refractivity contribution in [3.63, 3.8) is 0 Å². The Morgan fingerprint density at radius 2 is 2.00 bits per heavy atom. The van der Waals surface area contributed by atoms with E-state index >= 15 is 0 Å². The molecule has 27 heavy (non-hydrogen) atoms. The molecule has 1 amide bonds. The highest BCUT2D eigenvalue weighted by atomic mass is 35.5. The van der Waals surface area contributed by atoms with E-state index in [9.17, 15) is 9.18 Å². The molecular weight excluding hydrogens is 367 g/mol. The lowest BCUT2D eigenvalue weighted by Gasteiger charge is -2.24. The number of benzene rings is 2. The molecule has 7 heteroatoms. The molecule has 3 aromatic rings. The lowest BCUT2D eigenvalue weighted by molar-refractivity contribution is -0.126. The molecule has 0 aliphatic carbocycles. The number of halogens is 2. The van der Waals surface area contributed by atoms with Gasteiger partial charge in [0.1, 0.15) is 18.5 Å². The van der Waals surface area contributed by atoms with E-state index in [2.05, 4.69) is 10.1 Å². The molecule has 0 radical (unpaired) electrons. The fourth-order valence-corrected chi connectivity index (χ4v) is 2.75. The van der Waals surface area contributed by atoms with Gasteiger partial charge in [0.15, 0.2) is 0 Å². The van der Waals surface area contributed by atoms with Crippen molar-refractivity contribution in [2.75, 3.05) is 7.05 Å². The first-order chi connectivity index (χ1) is 13.0. The number of aromatic nitrogens is 3. The summed E-state index contributed by atoms with van der Waals surface area (Å²) < 4.78 is 14.9. The number of hydrogen-bond acceptors (Lipinski definition) is 3. The lowest BCUT2D eigenvalue weighted by atomic mass is 10.1. The molecule has 3 rings (SSSR count). The highest BCUT2D eigenvalue weighted by Crippen LogP contribution is 2.21. The Morgan fingerprint density at radius 3 is 2.63 bits per heavy atom. The number of rotatable bonds is 5. The summed E-state index contributed by atoms with van der Waals surface area (Å²) in [5, 5.41) is 4.11. The second kappa shape index (κ2) is 8.14. The zero-order valence-corrected chi connectivity index (χ0v) is 15.6. The highest BCUT2D eigenvalue weighted by molar-refractivity contribution is 6.30. The van der Waals surface area contributed by atoms with Gasteiger partial charge in [0.05, 0.1) is 16.8 Å². The summed E-state index contributed by atoms with van der Waals surface area (Å²) in [6.07, 6.45) is 6.17. The van der Waals surface area contributed by atoms with Crippen molar-refractivity contribution in [2.24, 2.45) is 0 Å². The van der Waals surface area contributed by atoms with E-state index in [0.29, 0.717) is 5.56 Å². The summed E-state index contributed by atoms with van der Waals surface area (Å²) in [7, 11) is 1.74. The van der Waals surface area contributed by atoms with Gasteiger partial charge in [0.25, 0.3) is 0 Å². The van der Waals surface area contributed by atoms with Crippen LogP contribution < -0.4 is 0 Å². The van der Waals surface area contributed by atoms with E-state index in [1.165, 1.54) is 24.5 Å². The SMILES string of the molecule is C[C@H](c1ccc(-n2cncn2)cc1)N(C)C(=O)/C=C/c1ccc(F)c(Cl)c1. The summed E-state index contributed by atoms with van der Waals surface area (Å²) in [5.74, 6) is -0.650. The van der Waals surface area contributed by atoms with Gasteiger partial charge in [-0.2, -0.15) is 5.10 Å². The van der Waals surface area contributed by atoms with Crippen LogP contribution in [0.15, 0.2) is 61.2 Å². The van der Waals surface area contributed by atoms with Gasteiger partial charge in [-0.25, -0.2) is 14.1 Å². The lowest BCUT2D eigenvalue weighted by Crippen LogP contribution is -2.27. The molecular formula is C20H18ClFN4O. The van der Waals surface area contributed by atoms with Crippen LogP contribution in [0.1, 0.15) is 24.1 Å². The largest absolute Gasteiger partial charge is 0.335 e. The monoisotopic (exact) mass is 384 g/mol. The Bertz CT molecular complexity index is 955. The molecule has 0 spiro atoms. The standard InChI is InChI=1S/C20H18ClFN4O/c1-14(16-5-7-17(8-6-16)26-13-23-12-24-26)25(2)20(27)10-4-15-3-9-19(22)18(21)11-15/h3-14H,1-2H3/b10-4+/t14-/m1/s1. The number of nitrogens with zero attached hydrogens (tertiary/aromatic N) is 4. The zero-order chi connectivity index (χ0) is 19.4. The van der Waals surface area contributed by atoms with Crippen LogP contribution >= 0.6 is 11.6 Å². The molecule has 0 aliphatic rings. The molecule has 138 valence electrons. The van der Waals surface area contributed by atoms with Gasteiger partial charge in [0, 0.05) is 13.1 Å². The topological polar surface area (TPSA) is 51.0 Å². The summed E-state index contributed by atoms with van der Waals surface area (Å²) in [4.78, 5) is 18.0. The van der Waals surface area contributed by atoms with Crippen molar-refractivity contribution < 1.29 is 9.18 Å². The van der Waals surface area contributed by atoms with Crippen LogP contribution in [0.3, 0.4) is 0 Å². The molecule has 0 N–H and O–H groups in total. The van der Waals surface area contributed by atoms with Gasteiger partial charge in [0.2, 0.25) is 5.91 Å². The summed E-state index contributed by atoms with van der Waals surface area (Å²) >= 11 is 5.76. The maximum atomic E-state index is 13.2. The molecule has 1 atom stereocenters. The van der Waals surface area contributed by atoms with Crippen molar-refractivity contribution in [3.05, 3.63) is 83.2 Å². The minimum absolute atomic E-state index is 0.0267. The van der Waals surface area contributed by atoms with E-state index < -0.39 is 5.82 Å². The number of amides is 1. The number of carbonyl (C=O) groups excluding carboxylic acids is 1. The van der Waals surface area contributed by atoms with Gasteiger partial charge in [-0.1, -0.05) is 29.8 Å². The highest BCUT2D eigenvalue weighted by Gasteiger charge is 2.15. The molecule has 0 saturated heterocycles. The summed E-state index contributed by atoms with van der Waals surface area (Å²) in [6.45, 7) is 1.95. The normalized spacial score (nSPS) is 12.3. The van der Waals surface area contributed by atoms with Crippen molar-refractivity contribution in [1.82, 2.24) is 19.7 Å². The molecule has 1 aromatic heterocycles. The number of hydrogen-bond donors (Lipinski definition) is 0. The van der Waals surface area contributed by atoms with Crippen molar-refractivity contribution in [1.29, 1.82) is 0 Å². The summed E-state index contributed by atoms with van der Waals surface area (Å²) in [6, 6.07) is 12.0. The maximum Gasteiger partial charge on any atom is 0.246 e. The first kappa shape index (κ1) is 18.8. The summed E-state index contributed by atoms with van der Waals surface area (Å²) in [5.41, 5.74) is 2.55. The maximum absolute atomic E-state index is 13.2. The third kappa shape index (κ3) is 4.41. The van der Waals surface area contributed by atoms with E-state index in [0.717, 1.165) is 11.3 Å². The van der Waals surface area contributed by atoms with E-state index in [4.69, 9.17) is 11.6 Å². The molecule has 0 bridgehead atoms. The van der Waals surface area contributed by atoms with Crippen LogP contribution in [0.2, 0.25) is 5.02 Å². The second-order valence-electron chi connectivity index (χ2n) is 6.06. The van der Waals surface area contributed by atoms with Crippen LogP contribution in [-0.4, -0.2) is 32.6 Å². The minimum Gasteiger partial charge on any atom is -0.335 e. The quantitative estimate of drug-likeness (QED) is 0.616. The van der Waals surface area contributed by atoms with Crippen molar-refractivity contribution in [2.45, 2.75) is 13.0 Å². The predicted octanol–water partition coefficient (Wildman–Crippen LogP) is 4.29. The fourth-order valence-electron chi connectivity index (χ4n) is 2.56. The van der Waals surface area contributed by atoms with Crippen LogP contribution in [-0.2, 0) is 4.79 Å². The van der Waals surface area contributed by atoms with Crippen molar-refractivity contribution in [3.8, 4) is 5.69 Å². The van der Waals surface area contributed by atoms with E-state index in [-0.39, 0.29) is 17.0 Å². The third-order valence-corrected chi connectivity index (χ3v) is 4.64. The predicted molar refractivity (Wildman–Crippen MR) is 103 cm³/mol. The Hall–Kier alpha value is -2.99. The van der Waals surface area contributed by atoms with Crippen LogP contribution in [0.25, 0.3) is 11.8 Å². The first-order valence-corrected chi connectivity index (χ1v) is 8.68. The molecule has 2 aromatic carbocycles. The Morgan fingerprint density at radius 1 is 1.26 bits per heavy atom. The van der Waals surface area contributed by atoms with Crippen LogP contribution in [0.4, 0.5) is 4.39 Å². The van der Waals surface area contributed by atoms with Gasteiger partial charge >= 0.3 is 0 Å². The molecule has 5 nitrogen and oxygen atoms in total. The zero-order valence-electron chi connectivity index (χ0n) is 14.9. The molecule has 0 aliphatic heterocycles. The van der Waals surface area contributed by atoms with Crippen LogP contribution in [0, 0.1) is 5.82 Å². The average Bonchev–Trinajstić information content (AvgIpc) is 3.22. The van der Waals surface area contributed by atoms with Crippen LogP contribution in [0.5, 0.6) is 0 Å². The smallest absolute Gasteiger partial charge is 0.246 e. The van der Waals surface area contributed by atoms with Gasteiger partial charge in [-0.15, -0.1) is 0 Å². The minimum atomic E-state index is -0.486. The molecule has 0 unspecified atom stereocenters. The Kier molecular flexibility index (Phi) is 5.66. The van der Waals surface area contributed by atoms with Crippen molar-refractivity contribution >= 4 is 23.6 Å². The number of likely N-dealkylation sites (N-methyl/N-ethyl adjacent to an activating group) is 1. The van der Waals surface area contributed by atoms with Gasteiger partial charge in [-0.05, 0) is 48.4 Å². The Labute approximate surface area is 161 Å². The van der Waals surface area contributed by atoms with E-state index in [1.807, 2.05) is 31.2 Å². The second-order valence-corrected chi connectivity index (χ2v) is 6.47. The fraction of sp³-hybridized carbons (Fsp3) is 0.150. The third-order valence-electron chi connectivity index (χ3n) is 4.35. The van der Waals surface area contributed by atoms with Gasteiger partial charge < -0.3 is 4.90 Å². The van der Waals surface area contributed by atoms with E-state index in [1.54, 1.807) is 35.1 Å². The molecule has 1 heterocycles. The molecule has 0 saturated carbocycles. The van der Waals surface area contributed by atoms with Gasteiger partial charge in [-0.3, -0.25) is 4.79 Å². The number of carbonyl (C=O) groups is 1. The first-order valence-electron chi connectivity index (χ1n) is 8.30. The Balaban J connectivity index is 1.68.